The van der Waals surface area contributed by atoms with Crippen LogP contribution in [0.15, 0.2) is 85.1 Å². The van der Waals surface area contributed by atoms with E-state index < -0.39 is 6.10 Å². The Morgan fingerprint density at radius 1 is 0.971 bits per heavy atom. The van der Waals surface area contributed by atoms with Crippen molar-refractivity contribution in [2.75, 3.05) is 38.2 Å². The highest BCUT2D eigenvalue weighted by Gasteiger charge is 2.39. The number of para-hydroxylation sites is 2. The van der Waals surface area contributed by atoms with Crippen LogP contribution in [0.4, 0.5) is 5.69 Å². The van der Waals surface area contributed by atoms with E-state index >= 15 is 0 Å². The van der Waals surface area contributed by atoms with Crippen LogP contribution in [0.2, 0.25) is 0 Å². The van der Waals surface area contributed by atoms with Gasteiger partial charge >= 0.3 is 0 Å². The van der Waals surface area contributed by atoms with Gasteiger partial charge in [-0.15, -0.1) is 0 Å². The number of aliphatic hydroxyl groups is 1. The first-order valence-corrected chi connectivity index (χ1v) is 11.7. The van der Waals surface area contributed by atoms with Gasteiger partial charge in [0.1, 0.15) is 11.8 Å². The molecule has 0 amide bonds. The fraction of sp³-hybridized carbons (Fsp3) is 0.250. The van der Waals surface area contributed by atoms with Crippen molar-refractivity contribution in [1.29, 1.82) is 0 Å². The summed E-state index contributed by atoms with van der Waals surface area (Å²) in [5, 5.41) is 12.3. The summed E-state index contributed by atoms with van der Waals surface area (Å²) >= 11 is 0. The first-order chi connectivity index (χ1) is 16.7. The number of benzene rings is 3. The summed E-state index contributed by atoms with van der Waals surface area (Å²) in [6.07, 6.45) is 0.551. The largest absolute Gasteiger partial charge is 0.497 e. The number of nitrogens with one attached hydrogen (secondary N) is 2. The van der Waals surface area contributed by atoms with Crippen LogP contribution in [-0.2, 0) is 0 Å². The molecule has 6 nitrogen and oxygen atoms in total. The number of ketones is 1. The minimum absolute atomic E-state index is 0.253. The molecular weight excluding hydrogens is 426 g/mol. The fourth-order valence-electron chi connectivity index (χ4n) is 5.04. The van der Waals surface area contributed by atoms with Crippen molar-refractivity contribution < 1.29 is 19.5 Å². The maximum atomic E-state index is 13.6. The molecule has 1 aromatic heterocycles. The van der Waals surface area contributed by atoms with Gasteiger partial charge in [0.25, 0.3) is 0 Å². The van der Waals surface area contributed by atoms with E-state index in [1.807, 2.05) is 54.6 Å². The van der Waals surface area contributed by atoms with Gasteiger partial charge in [-0.2, -0.15) is 0 Å². The normalized spacial score (nSPS) is 16.4. The maximum Gasteiger partial charge on any atom is 0.199 e. The summed E-state index contributed by atoms with van der Waals surface area (Å²) in [5.74, 6) is 0.500. The molecule has 6 heteroatoms. The number of fused-ring (bicyclic) bond motifs is 1. The van der Waals surface area contributed by atoms with Gasteiger partial charge in [-0.25, -0.2) is 0 Å². The topological polar surface area (TPSA) is 70.0 Å². The number of piperazine rings is 1. The monoisotopic (exact) mass is 456 g/mol. The van der Waals surface area contributed by atoms with Crippen LogP contribution in [0.3, 0.4) is 0 Å². The lowest BCUT2D eigenvalue weighted by Crippen LogP contribution is -3.16. The van der Waals surface area contributed by atoms with Crippen LogP contribution in [0.1, 0.15) is 22.0 Å². The number of rotatable bonds is 7. The molecule has 1 fully saturated rings. The Bertz CT molecular complexity index is 1240. The average Bonchev–Trinajstić information content (AvgIpc) is 3.34. The molecule has 1 aliphatic heterocycles. The van der Waals surface area contributed by atoms with E-state index in [0.29, 0.717) is 5.56 Å². The zero-order valence-electron chi connectivity index (χ0n) is 19.3. The summed E-state index contributed by atoms with van der Waals surface area (Å²) in [6, 6.07) is 25.4. The van der Waals surface area contributed by atoms with Gasteiger partial charge in [-0.1, -0.05) is 36.4 Å². The molecule has 0 bridgehead atoms. The minimum atomic E-state index is -1.16. The number of carbonyl (C=O) groups excluding carboxylic acids is 1. The van der Waals surface area contributed by atoms with Gasteiger partial charge in [-0.3, -0.25) is 4.79 Å². The summed E-state index contributed by atoms with van der Waals surface area (Å²) < 4.78 is 5.33. The number of Topliss-reactive ketones (excluding diaryl/α,β-unsaturated/α-hetero) is 1. The Balaban J connectivity index is 1.43. The second kappa shape index (κ2) is 9.71. The maximum absolute atomic E-state index is 13.6. The summed E-state index contributed by atoms with van der Waals surface area (Å²) in [5.41, 5.74) is 3.56. The number of aromatic amines is 1. The minimum Gasteiger partial charge on any atom is -0.497 e. The van der Waals surface area contributed by atoms with Crippen molar-refractivity contribution in [3.8, 4) is 5.75 Å². The highest BCUT2D eigenvalue weighted by Crippen LogP contribution is 2.25. The van der Waals surface area contributed by atoms with E-state index in [1.54, 1.807) is 13.3 Å². The number of methoxy groups -OCH3 is 1. The van der Waals surface area contributed by atoms with Crippen molar-refractivity contribution in [3.05, 3.63) is 96.2 Å². The predicted molar refractivity (Wildman–Crippen MR) is 134 cm³/mol. The zero-order valence-corrected chi connectivity index (χ0v) is 19.3. The molecule has 174 valence electrons. The predicted octanol–water partition coefficient (Wildman–Crippen LogP) is 2.87. The van der Waals surface area contributed by atoms with Crippen molar-refractivity contribution in [2.24, 2.45) is 0 Å². The molecule has 1 saturated heterocycles. The number of anilines is 1. The second-order valence-corrected chi connectivity index (χ2v) is 8.79. The molecule has 5 rings (SSSR count). The molecule has 1 aliphatic rings. The summed E-state index contributed by atoms with van der Waals surface area (Å²) in [4.78, 5) is 20.3. The number of quaternary nitrogens is 1. The number of nitrogens with zero attached hydrogens (tertiary/aromatic N) is 1. The fourth-order valence-corrected chi connectivity index (χ4v) is 5.04. The van der Waals surface area contributed by atoms with E-state index in [-0.39, 0.29) is 11.8 Å². The van der Waals surface area contributed by atoms with Crippen LogP contribution >= 0.6 is 0 Å². The third-order valence-electron chi connectivity index (χ3n) is 6.88. The standard InChI is InChI=1S/C28H29N3O3/c1-34-22-13-11-20(12-14-22)26(31-17-15-30(16-18-31)21-7-3-2-4-8-21)28(33)27(32)24-19-29-25-10-6-5-9-23(24)25/h2-14,19,26,28-29,33H,15-18H2,1H3/p+1/t26-,28-/m1/s1. The Kier molecular flexibility index (Phi) is 6.34. The lowest BCUT2D eigenvalue weighted by Gasteiger charge is -2.39. The molecule has 0 saturated carbocycles. The highest BCUT2D eigenvalue weighted by molar-refractivity contribution is 6.10. The molecule has 0 aliphatic carbocycles. The first-order valence-electron chi connectivity index (χ1n) is 11.7. The van der Waals surface area contributed by atoms with Gasteiger partial charge in [0.15, 0.2) is 11.9 Å². The van der Waals surface area contributed by atoms with E-state index in [0.717, 1.165) is 48.4 Å². The van der Waals surface area contributed by atoms with Gasteiger partial charge < -0.3 is 24.6 Å². The van der Waals surface area contributed by atoms with E-state index in [2.05, 4.69) is 34.1 Å². The van der Waals surface area contributed by atoms with Crippen LogP contribution in [-0.4, -0.2) is 55.3 Å². The van der Waals surface area contributed by atoms with Crippen LogP contribution in [0.25, 0.3) is 10.9 Å². The molecule has 0 unspecified atom stereocenters. The summed E-state index contributed by atoms with van der Waals surface area (Å²) in [7, 11) is 1.63. The number of hydrogen-bond donors (Lipinski definition) is 3. The number of ether oxygens (including phenoxy) is 1. The Hall–Kier alpha value is -3.61. The zero-order chi connectivity index (χ0) is 23.5. The molecular formula is C28H30N3O3+. The van der Waals surface area contributed by atoms with Crippen LogP contribution < -0.4 is 14.5 Å². The third-order valence-corrected chi connectivity index (χ3v) is 6.88. The first kappa shape index (κ1) is 22.2. The van der Waals surface area contributed by atoms with Gasteiger partial charge in [0, 0.05) is 33.9 Å². The number of H-pyrrole nitrogens is 1. The molecule has 3 aromatic carbocycles. The number of hydrogen-bond acceptors (Lipinski definition) is 4. The number of aliphatic hydroxyl groups excluding tert-OH is 1. The second-order valence-electron chi connectivity index (χ2n) is 8.79. The molecule has 4 aromatic rings. The lowest BCUT2D eigenvalue weighted by molar-refractivity contribution is -0.934. The van der Waals surface area contributed by atoms with E-state index in [9.17, 15) is 9.90 Å². The van der Waals surface area contributed by atoms with Gasteiger partial charge in [-0.05, 0) is 42.5 Å². The van der Waals surface area contributed by atoms with Gasteiger partial charge in [0.05, 0.1) is 33.3 Å². The molecule has 3 N–H and O–H groups in total. The Morgan fingerprint density at radius 3 is 2.35 bits per heavy atom. The lowest BCUT2D eigenvalue weighted by atomic mass is 9.92. The Morgan fingerprint density at radius 2 is 1.65 bits per heavy atom. The highest BCUT2D eigenvalue weighted by atomic mass is 16.5. The smallest absolute Gasteiger partial charge is 0.199 e. The van der Waals surface area contributed by atoms with Crippen LogP contribution in [0.5, 0.6) is 5.75 Å². The van der Waals surface area contributed by atoms with Gasteiger partial charge in [0.2, 0.25) is 0 Å². The molecule has 0 spiro atoms. The molecule has 2 heterocycles. The van der Waals surface area contributed by atoms with E-state index in [4.69, 9.17) is 4.74 Å². The van der Waals surface area contributed by atoms with E-state index in [1.165, 1.54) is 10.6 Å². The van der Waals surface area contributed by atoms with Crippen molar-refractivity contribution in [3.63, 3.8) is 0 Å². The average molecular weight is 457 g/mol. The van der Waals surface area contributed by atoms with Crippen molar-refractivity contribution in [1.82, 2.24) is 4.98 Å². The molecule has 34 heavy (non-hydrogen) atoms. The number of aromatic nitrogens is 1. The SMILES string of the molecule is COc1ccc([C@H]([C@@H](O)C(=O)c2c[nH]c3ccccc23)[NH+]2CCN(c3ccccc3)CC2)cc1. The molecule has 2 atom stereocenters. The third kappa shape index (κ3) is 4.30. The van der Waals surface area contributed by atoms with Crippen molar-refractivity contribution >= 4 is 22.4 Å². The van der Waals surface area contributed by atoms with Crippen molar-refractivity contribution in [2.45, 2.75) is 12.1 Å². The summed E-state index contributed by atoms with van der Waals surface area (Å²) in [6.45, 7) is 3.37. The molecule has 0 radical (unpaired) electrons. The number of carbonyl (C=O) groups is 1. The Labute approximate surface area is 199 Å². The van der Waals surface area contributed by atoms with Crippen LogP contribution in [0, 0.1) is 0 Å². The quantitative estimate of drug-likeness (QED) is 0.374.